The smallest absolute Gasteiger partial charge is 0.161 e. The van der Waals surface area contributed by atoms with Crippen molar-refractivity contribution < 1.29 is 9.47 Å². The maximum absolute atomic E-state index is 8.80. The van der Waals surface area contributed by atoms with Crippen molar-refractivity contribution in [3.05, 3.63) is 89.2 Å². The molecule has 2 aromatic carbocycles. The minimum absolute atomic E-state index is 0.488. The molecule has 0 atom stereocenters. The number of rotatable bonds is 6. The van der Waals surface area contributed by atoms with Crippen molar-refractivity contribution in [1.29, 1.82) is 5.26 Å². The lowest BCUT2D eigenvalue weighted by atomic mass is 10.1. The number of nitrogens with zero attached hydrogens (tertiary/aromatic N) is 2. The Balaban J connectivity index is 1.71. The maximum atomic E-state index is 8.80. The number of methoxy groups -OCH3 is 1. The number of benzene rings is 2. The van der Waals surface area contributed by atoms with Gasteiger partial charge in [0.25, 0.3) is 0 Å². The summed E-state index contributed by atoms with van der Waals surface area (Å²) in [6.07, 6.45) is 5.39. The van der Waals surface area contributed by atoms with Crippen molar-refractivity contribution >= 4 is 12.2 Å². The van der Waals surface area contributed by atoms with Crippen LogP contribution in [0.15, 0.2) is 66.9 Å². The third-order valence-electron chi connectivity index (χ3n) is 3.79. The minimum Gasteiger partial charge on any atom is -0.493 e. The molecule has 0 N–H and O–H groups in total. The van der Waals surface area contributed by atoms with Crippen LogP contribution in [0.3, 0.4) is 0 Å². The molecule has 0 saturated carbocycles. The summed E-state index contributed by atoms with van der Waals surface area (Å²) >= 11 is 0. The van der Waals surface area contributed by atoms with Gasteiger partial charge >= 0.3 is 0 Å². The van der Waals surface area contributed by atoms with Gasteiger partial charge in [-0.05, 0) is 41.5 Å². The number of hydrogen-bond donors (Lipinski definition) is 0. The Morgan fingerprint density at radius 1 is 1.00 bits per heavy atom. The van der Waals surface area contributed by atoms with Gasteiger partial charge in [0.1, 0.15) is 12.7 Å². The number of nitriles is 1. The van der Waals surface area contributed by atoms with Crippen LogP contribution in [-0.4, -0.2) is 12.1 Å². The van der Waals surface area contributed by atoms with E-state index < -0.39 is 0 Å². The third kappa shape index (κ3) is 4.49. The average molecular weight is 342 g/mol. The van der Waals surface area contributed by atoms with Gasteiger partial charge in [-0.25, -0.2) is 0 Å². The Labute approximate surface area is 153 Å². The van der Waals surface area contributed by atoms with E-state index in [2.05, 4.69) is 11.1 Å². The molecule has 26 heavy (non-hydrogen) atoms. The topological polar surface area (TPSA) is 55.1 Å². The first kappa shape index (κ1) is 17.2. The summed E-state index contributed by atoms with van der Waals surface area (Å²) in [4.78, 5) is 4.22. The number of aromatic nitrogens is 1. The second kappa shape index (κ2) is 8.50. The molecule has 0 saturated heterocycles. The largest absolute Gasteiger partial charge is 0.493 e. The fourth-order valence-electron chi connectivity index (χ4n) is 2.39. The van der Waals surface area contributed by atoms with E-state index in [-0.39, 0.29) is 0 Å². The lowest BCUT2D eigenvalue weighted by Gasteiger charge is -2.11. The van der Waals surface area contributed by atoms with Gasteiger partial charge in [-0.15, -0.1) is 0 Å². The van der Waals surface area contributed by atoms with E-state index in [1.807, 2.05) is 66.7 Å². The van der Waals surface area contributed by atoms with Gasteiger partial charge in [0, 0.05) is 6.20 Å². The van der Waals surface area contributed by atoms with E-state index >= 15 is 0 Å². The lowest BCUT2D eigenvalue weighted by Crippen LogP contribution is -1.97. The summed E-state index contributed by atoms with van der Waals surface area (Å²) in [6.45, 7) is 0.488. The van der Waals surface area contributed by atoms with Crippen LogP contribution in [0.4, 0.5) is 0 Å². The van der Waals surface area contributed by atoms with E-state index in [0.29, 0.717) is 23.7 Å². The molecule has 0 unspecified atom stereocenters. The monoisotopic (exact) mass is 342 g/mol. The predicted molar refractivity (Wildman–Crippen MR) is 102 cm³/mol. The average Bonchev–Trinajstić information content (AvgIpc) is 2.72. The van der Waals surface area contributed by atoms with Crippen LogP contribution in [-0.2, 0) is 6.61 Å². The molecule has 0 fully saturated rings. The highest BCUT2D eigenvalue weighted by Gasteiger charge is 2.05. The Bertz CT molecular complexity index is 927. The summed E-state index contributed by atoms with van der Waals surface area (Å²) in [5.74, 6) is 1.38. The summed E-state index contributed by atoms with van der Waals surface area (Å²) in [5.41, 5.74) is 3.40. The molecule has 3 aromatic rings. The first-order valence-electron chi connectivity index (χ1n) is 8.17. The summed E-state index contributed by atoms with van der Waals surface area (Å²) < 4.78 is 11.3. The maximum Gasteiger partial charge on any atom is 0.161 e. The molecule has 1 heterocycles. The Kier molecular flexibility index (Phi) is 5.64. The van der Waals surface area contributed by atoms with Crippen LogP contribution in [0.25, 0.3) is 12.2 Å². The van der Waals surface area contributed by atoms with Gasteiger partial charge in [0.05, 0.1) is 18.4 Å². The fourth-order valence-corrected chi connectivity index (χ4v) is 2.39. The summed E-state index contributed by atoms with van der Waals surface area (Å²) in [6, 6.07) is 21.4. The number of pyridine rings is 1. The second-order valence-electron chi connectivity index (χ2n) is 5.60. The van der Waals surface area contributed by atoms with E-state index in [0.717, 1.165) is 16.8 Å². The highest BCUT2D eigenvalue weighted by molar-refractivity contribution is 5.69. The molecule has 4 nitrogen and oxygen atoms in total. The van der Waals surface area contributed by atoms with Gasteiger partial charge in [0.15, 0.2) is 11.5 Å². The quantitative estimate of drug-likeness (QED) is 0.651. The van der Waals surface area contributed by atoms with E-state index in [1.54, 1.807) is 19.4 Å². The van der Waals surface area contributed by atoms with Crippen LogP contribution in [0.2, 0.25) is 0 Å². The Hall–Kier alpha value is -3.58. The van der Waals surface area contributed by atoms with Crippen LogP contribution in [0.5, 0.6) is 11.5 Å². The first-order chi connectivity index (χ1) is 12.8. The molecule has 128 valence electrons. The molecule has 3 rings (SSSR count). The van der Waals surface area contributed by atoms with Crippen molar-refractivity contribution in [2.45, 2.75) is 6.61 Å². The predicted octanol–water partition coefficient (Wildman–Crippen LogP) is 4.71. The molecular formula is C22H18N2O2. The van der Waals surface area contributed by atoms with Gasteiger partial charge in [-0.3, -0.25) is 4.98 Å². The highest BCUT2D eigenvalue weighted by atomic mass is 16.5. The number of hydrogen-bond acceptors (Lipinski definition) is 4. The molecule has 0 bridgehead atoms. The molecule has 0 amide bonds. The molecule has 0 radical (unpaired) electrons. The van der Waals surface area contributed by atoms with E-state index in [9.17, 15) is 0 Å². The van der Waals surface area contributed by atoms with Gasteiger partial charge in [-0.2, -0.15) is 5.26 Å². The van der Waals surface area contributed by atoms with Crippen LogP contribution >= 0.6 is 0 Å². The molecule has 0 aliphatic rings. The zero-order chi connectivity index (χ0) is 18.2. The van der Waals surface area contributed by atoms with Crippen molar-refractivity contribution in [2.24, 2.45) is 0 Å². The Morgan fingerprint density at radius 3 is 2.54 bits per heavy atom. The number of ether oxygens (including phenoxy) is 2. The summed E-state index contributed by atoms with van der Waals surface area (Å²) in [5, 5.41) is 8.80. The standard InChI is InChI=1S/C22H18N2O2/c1-25-22-13-17(7-10-20-11-8-19(14-23)15-24-20)9-12-21(22)26-16-18-5-3-2-4-6-18/h2-13,15H,16H2,1H3/b10-7+. The van der Waals surface area contributed by atoms with Crippen molar-refractivity contribution in [3.8, 4) is 17.6 Å². The highest BCUT2D eigenvalue weighted by Crippen LogP contribution is 2.29. The van der Waals surface area contributed by atoms with E-state index in [1.165, 1.54) is 0 Å². The first-order valence-corrected chi connectivity index (χ1v) is 8.17. The third-order valence-corrected chi connectivity index (χ3v) is 3.79. The molecule has 0 spiro atoms. The molecule has 0 aliphatic heterocycles. The second-order valence-corrected chi connectivity index (χ2v) is 5.60. The lowest BCUT2D eigenvalue weighted by molar-refractivity contribution is 0.284. The molecule has 4 heteroatoms. The molecular weight excluding hydrogens is 324 g/mol. The van der Waals surface area contributed by atoms with Crippen LogP contribution in [0, 0.1) is 11.3 Å². The van der Waals surface area contributed by atoms with Crippen molar-refractivity contribution in [2.75, 3.05) is 7.11 Å². The fraction of sp³-hybridized carbons (Fsp3) is 0.0909. The normalized spacial score (nSPS) is 10.5. The van der Waals surface area contributed by atoms with Crippen molar-refractivity contribution in [3.63, 3.8) is 0 Å². The minimum atomic E-state index is 0.488. The Morgan fingerprint density at radius 2 is 1.85 bits per heavy atom. The SMILES string of the molecule is COc1cc(/C=C/c2ccc(C#N)cn2)ccc1OCc1ccccc1. The summed E-state index contributed by atoms with van der Waals surface area (Å²) in [7, 11) is 1.63. The zero-order valence-corrected chi connectivity index (χ0v) is 14.4. The van der Waals surface area contributed by atoms with Gasteiger partial charge < -0.3 is 9.47 Å². The molecule has 0 aliphatic carbocycles. The van der Waals surface area contributed by atoms with E-state index in [4.69, 9.17) is 14.7 Å². The van der Waals surface area contributed by atoms with Gasteiger partial charge in [-0.1, -0.05) is 42.5 Å². The zero-order valence-electron chi connectivity index (χ0n) is 14.4. The van der Waals surface area contributed by atoms with Crippen molar-refractivity contribution in [1.82, 2.24) is 4.98 Å². The van der Waals surface area contributed by atoms with Gasteiger partial charge in [0.2, 0.25) is 0 Å². The molecule has 1 aromatic heterocycles. The van der Waals surface area contributed by atoms with Crippen LogP contribution in [0.1, 0.15) is 22.4 Å². The van der Waals surface area contributed by atoms with Crippen LogP contribution < -0.4 is 9.47 Å².